The lowest BCUT2D eigenvalue weighted by Gasteiger charge is -2.13. The lowest BCUT2D eigenvalue weighted by atomic mass is 10.2. The molecular formula is C18H17Cl2N3O3. The Kier molecular flexibility index (Phi) is 5.54. The zero-order valence-electron chi connectivity index (χ0n) is 14.3. The van der Waals surface area contributed by atoms with Crippen molar-refractivity contribution >= 4 is 34.8 Å². The smallest absolute Gasteiger partial charge is 0.251 e. The van der Waals surface area contributed by atoms with Gasteiger partial charge >= 0.3 is 0 Å². The van der Waals surface area contributed by atoms with Crippen LogP contribution in [0.15, 0.2) is 36.7 Å². The van der Waals surface area contributed by atoms with Crippen LogP contribution in [-0.2, 0) is 6.54 Å². The molecule has 0 bridgehead atoms. The number of amides is 1. The van der Waals surface area contributed by atoms with Crippen molar-refractivity contribution in [2.75, 3.05) is 13.7 Å². The van der Waals surface area contributed by atoms with Crippen molar-refractivity contribution in [2.45, 2.75) is 13.5 Å². The summed E-state index contributed by atoms with van der Waals surface area (Å²) in [5.74, 6) is 0.542. The van der Waals surface area contributed by atoms with E-state index in [-0.39, 0.29) is 12.5 Å². The van der Waals surface area contributed by atoms with Gasteiger partial charge in [0.05, 0.1) is 36.0 Å². The first-order chi connectivity index (χ1) is 12.5. The van der Waals surface area contributed by atoms with E-state index >= 15 is 0 Å². The molecule has 0 atom stereocenters. The number of hydrogen-bond acceptors (Lipinski definition) is 4. The largest absolute Gasteiger partial charge is 0.493 e. The number of fused-ring (bicyclic) bond motifs is 1. The second-order valence-electron chi connectivity index (χ2n) is 5.45. The lowest BCUT2D eigenvalue weighted by Crippen LogP contribution is -2.23. The second-order valence-corrected chi connectivity index (χ2v) is 6.29. The number of imidazole rings is 1. The molecule has 3 aromatic rings. The molecule has 1 amide bonds. The number of nitrogens with one attached hydrogen (secondary N) is 1. The standard InChI is InChI=1S/C18H17Cl2N3O3/c1-3-26-17-14(20)6-11(7-15(17)25-2)18(24)21-8-13-10-23-9-12(19)4-5-16(23)22-13/h4-7,9-10H,3,8H2,1-2H3,(H,21,24). The van der Waals surface area contributed by atoms with E-state index in [0.29, 0.717) is 39.4 Å². The average Bonchev–Trinajstić information content (AvgIpc) is 3.03. The Morgan fingerprint density at radius 3 is 2.81 bits per heavy atom. The van der Waals surface area contributed by atoms with Gasteiger partial charge in [-0.25, -0.2) is 4.98 Å². The predicted molar refractivity (Wildman–Crippen MR) is 101 cm³/mol. The molecule has 0 unspecified atom stereocenters. The van der Waals surface area contributed by atoms with E-state index in [1.807, 2.05) is 19.2 Å². The number of hydrogen-bond donors (Lipinski definition) is 1. The Hall–Kier alpha value is -2.44. The van der Waals surface area contributed by atoms with Crippen LogP contribution in [0.2, 0.25) is 10.0 Å². The molecule has 2 heterocycles. The summed E-state index contributed by atoms with van der Waals surface area (Å²) in [4.78, 5) is 16.9. The summed E-state index contributed by atoms with van der Waals surface area (Å²) in [5.41, 5.74) is 1.84. The van der Waals surface area contributed by atoms with E-state index < -0.39 is 0 Å². The number of pyridine rings is 1. The Morgan fingerprint density at radius 2 is 2.08 bits per heavy atom. The monoisotopic (exact) mass is 393 g/mol. The van der Waals surface area contributed by atoms with E-state index in [0.717, 1.165) is 5.65 Å². The molecule has 6 nitrogen and oxygen atoms in total. The van der Waals surface area contributed by atoms with E-state index in [1.165, 1.54) is 7.11 Å². The van der Waals surface area contributed by atoms with Crippen LogP contribution in [0.3, 0.4) is 0 Å². The van der Waals surface area contributed by atoms with Gasteiger partial charge in [-0.2, -0.15) is 0 Å². The zero-order valence-corrected chi connectivity index (χ0v) is 15.8. The molecule has 0 spiro atoms. The van der Waals surface area contributed by atoms with Crippen LogP contribution in [0.4, 0.5) is 0 Å². The molecular weight excluding hydrogens is 377 g/mol. The Balaban J connectivity index is 1.75. The molecule has 3 rings (SSSR count). The van der Waals surface area contributed by atoms with Crippen LogP contribution in [0.1, 0.15) is 23.0 Å². The van der Waals surface area contributed by atoms with Gasteiger partial charge in [-0.1, -0.05) is 23.2 Å². The summed E-state index contributed by atoms with van der Waals surface area (Å²) >= 11 is 12.2. The first kappa shape index (κ1) is 18.4. The van der Waals surface area contributed by atoms with Crippen LogP contribution in [0.25, 0.3) is 5.65 Å². The molecule has 0 aliphatic rings. The number of halogens is 2. The highest BCUT2D eigenvalue weighted by molar-refractivity contribution is 6.32. The van der Waals surface area contributed by atoms with E-state index in [4.69, 9.17) is 32.7 Å². The van der Waals surface area contributed by atoms with E-state index in [9.17, 15) is 4.79 Å². The topological polar surface area (TPSA) is 64.9 Å². The third kappa shape index (κ3) is 3.86. The summed E-state index contributed by atoms with van der Waals surface area (Å²) in [6.45, 7) is 2.56. The van der Waals surface area contributed by atoms with Crippen molar-refractivity contribution < 1.29 is 14.3 Å². The van der Waals surface area contributed by atoms with Crippen molar-refractivity contribution in [3.63, 3.8) is 0 Å². The summed E-state index contributed by atoms with van der Waals surface area (Å²) in [5, 5.41) is 3.75. The number of nitrogens with zero attached hydrogens (tertiary/aromatic N) is 2. The minimum Gasteiger partial charge on any atom is -0.493 e. The quantitative estimate of drug-likeness (QED) is 0.687. The molecule has 1 aromatic carbocycles. The van der Waals surface area contributed by atoms with E-state index in [1.54, 1.807) is 28.8 Å². The van der Waals surface area contributed by atoms with Gasteiger partial charge in [-0.05, 0) is 31.2 Å². The zero-order chi connectivity index (χ0) is 18.7. The fourth-order valence-corrected chi connectivity index (χ4v) is 2.94. The molecule has 0 fully saturated rings. The number of benzene rings is 1. The number of methoxy groups -OCH3 is 1. The van der Waals surface area contributed by atoms with Gasteiger partial charge in [0.25, 0.3) is 5.91 Å². The maximum Gasteiger partial charge on any atom is 0.251 e. The van der Waals surface area contributed by atoms with Crippen LogP contribution in [0, 0.1) is 0 Å². The molecule has 26 heavy (non-hydrogen) atoms. The van der Waals surface area contributed by atoms with Crippen LogP contribution in [0.5, 0.6) is 11.5 Å². The van der Waals surface area contributed by atoms with Gasteiger partial charge < -0.3 is 19.2 Å². The fraction of sp³-hybridized carbons (Fsp3) is 0.222. The highest BCUT2D eigenvalue weighted by Crippen LogP contribution is 2.36. The van der Waals surface area contributed by atoms with Gasteiger partial charge in [0, 0.05) is 18.0 Å². The Morgan fingerprint density at radius 1 is 1.27 bits per heavy atom. The lowest BCUT2D eigenvalue weighted by molar-refractivity contribution is 0.0950. The molecule has 0 aliphatic heterocycles. The molecule has 8 heteroatoms. The maximum atomic E-state index is 12.5. The van der Waals surface area contributed by atoms with Crippen molar-refractivity contribution in [3.05, 3.63) is 58.0 Å². The van der Waals surface area contributed by atoms with Crippen molar-refractivity contribution in [1.82, 2.24) is 14.7 Å². The Bertz CT molecular complexity index is 956. The second kappa shape index (κ2) is 7.85. The molecule has 136 valence electrons. The first-order valence-corrected chi connectivity index (χ1v) is 8.69. The highest BCUT2D eigenvalue weighted by Gasteiger charge is 2.16. The predicted octanol–water partition coefficient (Wildman–Crippen LogP) is 3.98. The van der Waals surface area contributed by atoms with Crippen molar-refractivity contribution in [3.8, 4) is 11.5 Å². The Labute approximate surface area is 160 Å². The molecule has 0 radical (unpaired) electrons. The molecule has 2 aromatic heterocycles. The third-order valence-corrected chi connectivity index (χ3v) is 4.18. The number of aromatic nitrogens is 2. The highest BCUT2D eigenvalue weighted by atomic mass is 35.5. The summed E-state index contributed by atoms with van der Waals surface area (Å²) < 4.78 is 12.5. The SMILES string of the molecule is CCOc1c(Cl)cc(C(=O)NCc2cn3cc(Cl)ccc3n2)cc1OC. The first-order valence-electron chi connectivity index (χ1n) is 7.93. The molecule has 0 aliphatic carbocycles. The van der Waals surface area contributed by atoms with Crippen LogP contribution >= 0.6 is 23.2 Å². The van der Waals surface area contributed by atoms with Gasteiger partial charge in [0.1, 0.15) is 5.65 Å². The number of carbonyl (C=O) groups is 1. The summed E-state index contributed by atoms with van der Waals surface area (Å²) in [7, 11) is 1.50. The summed E-state index contributed by atoms with van der Waals surface area (Å²) in [6, 6.07) is 6.72. The minimum absolute atomic E-state index is 0.269. The third-order valence-electron chi connectivity index (χ3n) is 3.68. The average molecular weight is 394 g/mol. The van der Waals surface area contributed by atoms with Gasteiger partial charge in [0.2, 0.25) is 0 Å². The van der Waals surface area contributed by atoms with Crippen LogP contribution in [-0.4, -0.2) is 29.0 Å². The number of carbonyl (C=O) groups excluding carboxylic acids is 1. The van der Waals surface area contributed by atoms with Crippen molar-refractivity contribution in [2.24, 2.45) is 0 Å². The normalized spacial score (nSPS) is 10.8. The number of ether oxygens (including phenoxy) is 2. The molecule has 0 saturated carbocycles. The van der Waals surface area contributed by atoms with Gasteiger partial charge in [-0.3, -0.25) is 4.79 Å². The van der Waals surface area contributed by atoms with Crippen LogP contribution < -0.4 is 14.8 Å². The van der Waals surface area contributed by atoms with Crippen molar-refractivity contribution in [1.29, 1.82) is 0 Å². The fourth-order valence-electron chi connectivity index (χ4n) is 2.51. The molecule has 0 saturated heterocycles. The van der Waals surface area contributed by atoms with E-state index in [2.05, 4.69) is 10.3 Å². The van der Waals surface area contributed by atoms with Gasteiger partial charge in [0.15, 0.2) is 11.5 Å². The maximum absolute atomic E-state index is 12.5. The summed E-state index contributed by atoms with van der Waals surface area (Å²) in [6.07, 6.45) is 3.57. The number of rotatable bonds is 6. The molecule has 1 N–H and O–H groups in total. The van der Waals surface area contributed by atoms with Gasteiger partial charge in [-0.15, -0.1) is 0 Å². The minimum atomic E-state index is -0.289.